The Morgan fingerprint density at radius 1 is 1.03 bits per heavy atom. The van der Waals surface area contributed by atoms with E-state index in [1.165, 1.54) is 24.8 Å². The predicted octanol–water partition coefficient (Wildman–Crippen LogP) is 4.09. The van der Waals surface area contributed by atoms with E-state index in [2.05, 4.69) is 29.7 Å². The zero-order valence-electron chi connectivity index (χ0n) is 20.5. The van der Waals surface area contributed by atoms with Crippen LogP contribution < -0.4 is 20.1 Å². The number of hydrogen-bond donors (Lipinski definition) is 2. The number of likely N-dealkylation sites (tertiary alicyclic amines) is 1. The highest BCUT2D eigenvalue weighted by Gasteiger charge is 2.34. The Balaban J connectivity index is 0.00000385. The molecule has 1 aromatic carbocycles. The van der Waals surface area contributed by atoms with E-state index in [4.69, 9.17) is 14.5 Å². The van der Waals surface area contributed by atoms with Gasteiger partial charge in [-0.05, 0) is 50.3 Å². The average molecular weight is 573 g/mol. The normalized spacial score (nSPS) is 17.8. The first-order chi connectivity index (χ1) is 15.6. The Morgan fingerprint density at radius 2 is 1.73 bits per heavy atom. The van der Waals surface area contributed by atoms with Crippen LogP contribution in [0, 0.1) is 0 Å². The molecule has 7 nitrogen and oxygen atoms in total. The summed E-state index contributed by atoms with van der Waals surface area (Å²) in [4.78, 5) is 19.3. The molecule has 1 aromatic rings. The molecule has 0 bridgehead atoms. The van der Waals surface area contributed by atoms with Crippen molar-refractivity contribution in [3.63, 3.8) is 0 Å². The molecule has 0 aromatic heterocycles. The molecule has 0 atom stereocenters. The van der Waals surface area contributed by atoms with Gasteiger partial charge in [-0.25, -0.2) is 0 Å². The molecule has 1 aliphatic carbocycles. The van der Waals surface area contributed by atoms with Gasteiger partial charge in [-0.15, -0.1) is 24.0 Å². The zero-order chi connectivity index (χ0) is 22.8. The van der Waals surface area contributed by atoms with Gasteiger partial charge in [0.25, 0.3) is 0 Å². The molecule has 1 heterocycles. The van der Waals surface area contributed by atoms with E-state index < -0.39 is 0 Å². The maximum Gasteiger partial charge on any atom is 0.224 e. The number of benzene rings is 1. The van der Waals surface area contributed by atoms with Crippen LogP contribution in [0.4, 0.5) is 0 Å². The van der Waals surface area contributed by atoms with Gasteiger partial charge in [0.1, 0.15) is 0 Å². The van der Waals surface area contributed by atoms with Crippen LogP contribution in [0.1, 0.15) is 63.9 Å². The monoisotopic (exact) mass is 572 g/mol. The third-order valence-corrected chi connectivity index (χ3v) is 6.78. The maximum absolute atomic E-state index is 12.3. The molecule has 0 spiro atoms. The minimum absolute atomic E-state index is 0. The number of carbonyl (C=O) groups is 1. The minimum atomic E-state index is -0.00841. The number of hydrogen-bond acceptors (Lipinski definition) is 4. The van der Waals surface area contributed by atoms with Crippen molar-refractivity contribution in [3.8, 4) is 11.5 Å². The minimum Gasteiger partial charge on any atom is -0.493 e. The summed E-state index contributed by atoms with van der Waals surface area (Å²) in [6, 6.07) is 6.29. The van der Waals surface area contributed by atoms with Gasteiger partial charge in [0.05, 0.1) is 20.8 Å². The molecule has 2 aliphatic rings. The number of carbonyl (C=O) groups excluding carboxylic acids is 1. The van der Waals surface area contributed by atoms with Crippen LogP contribution in [0.2, 0.25) is 0 Å². The first-order valence-corrected chi connectivity index (χ1v) is 12.1. The van der Waals surface area contributed by atoms with Crippen molar-refractivity contribution in [1.82, 2.24) is 15.5 Å². The van der Waals surface area contributed by atoms with Crippen LogP contribution >= 0.6 is 24.0 Å². The summed E-state index contributed by atoms with van der Waals surface area (Å²) in [6.45, 7) is 5.97. The highest BCUT2D eigenvalue weighted by Crippen LogP contribution is 2.42. The zero-order valence-corrected chi connectivity index (χ0v) is 22.8. The number of methoxy groups -OCH3 is 2. The third kappa shape index (κ3) is 7.39. The number of guanidine groups is 1. The molecule has 186 valence electrons. The highest BCUT2D eigenvalue weighted by atomic mass is 127. The first-order valence-electron chi connectivity index (χ1n) is 12.1. The Kier molecular flexibility index (Phi) is 11.6. The number of amides is 1. The lowest BCUT2D eigenvalue weighted by molar-refractivity contribution is -0.129. The lowest BCUT2D eigenvalue weighted by Gasteiger charge is -2.37. The summed E-state index contributed by atoms with van der Waals surface area (Å²) in [6.07, 6.45) is 8.66. The number of nitrogens with zero attached hydrogens (tertiary/aromatic N) is 2. The van der Waals surface area contributed by atoms with E-state index in [9.17, 15) is 4.79 Å². The Bertz CT molecular complexity index is 775. The van der Waals surface area contributed by atoms with Crippen molar-refractivity contribution < 1.29 is 14.3 Å². The molecule has 1 saturated heterocycles. The quantitative estimate of drug-likeness (QED) is 0.265. The topological polar surface area (TPSA) is 75.2 Å². The molecule has 1 saturated carbocycles. The van der Waals surface area contributed by atoms with E-state index in [1.54, 1.807) is 14.2 Å². The standard InChI is InChI=1S/C25H40N4O3.HI/c1-4-26-24(27-15-12-23(30)29-16-8-9-17-29)28-19-25(13-6-5-7-14-25)20-10-11-21(31-2)22(18-20)32-3;/h10-11,18H,4-9,12-17,19H2,1-3H3,(H2,26,27,28);1H. The molecule has 2 fully saturated rings. The Morgan fingerprint density at radius 3 is 2.36 bits per heavy atom. The first kappa shape index (κ1) is 27.5. The highest BCUT2D eigenvalue weighted by molar-refractivity contribution is 14.0. The molecule has 0 unspecified atom stereocenters. The fourth-order valence-corrected chi connectivity index (χ4v) is 4.92. The van der Waals surface area contributed by atoms with E-state index >= 15 is 0 Å². The van der Waals surface area contributed by atoms with Crippen LogP contribution in [0.5, 0.6) is 11.5 Å². The summed E-state index contributed by atoms with van der Waals surface area (Å²) < 4.78 is 11.0. The van der Waals surface area contributed by atoms with Crippen molar-refractivity contribution in [1.29, 1.82) is 0 Å². The van der Waals surface area contributed by atoms with Crippen LogP contribution in [0.15, 0.2) is 23.2 Å². The summed E-state index contributed by atoms with van der Waals surface area (Å²) in [5.41, 5.74) is 1.25. The summed E-state index contributed by atoms with van der Waals surface area (Å²) >= 11 is 0. The molecular formula is C25H41IN4O3. The smallest absolute Gasteiger partial charge is 0.224 e. The van der Waals surface area contributed by atoms with Crippen molar-refractivity contribution in [2.75, 3.05) is 46.9 Å². The molecule has 8 heteroatoms. The van der Waals surface area contributed by atoms with E-state index in [0.29, 0.717) is 19.5 Å². The second-order valence-electron chi connectivity index (χ2n) is 8.87. The summed E-state index contributed by atoms with van der Waals surface area (Å²) in [5, 5.41) is 6.72. The van der Waals surface area contributed by atoms with E-state index in [-0.39, 0.29) is 35.3 Å². The largest absolute Gasteiger partial charge is 0.493 e. The molecule has 1 aliphatic heterocycles. The van der Waals surface area contributed by atoms with Gasteiger partial charge < -0.3 is 25.0 Å². The molecule has 1 amide bonds. The van der Waals surface area contributed by atoms with E-state index in [1.807, 2.05) is 11.0 Å². The maximum atomic E-state index is 12.3. The number of halogens is 1. The lowest BCUT2D eigenvalue weighted by atomic mass is 9.69. The number of rotatable bonds is 9. The molecule has 33 heavy (non-hydrogen) atoms. The number of nitrogens with one attached hydrogen (secondary N) is 2. The molecule has 0 radical (unpaired) electrons. The SMILES string of the molecule is CCNC(=NCC1(c2ccc(OC)c(OC)c2)CCCCC1)NCCC(=O)N1CCCC1.I. The summed E-state index contributed by atoms with van der Waals surface area (Å²) in [5.74, 6) is 2.54. The molecule has 3 rings (SSSR count). The molecular weight excluding hydrogens is 531 g/mol. The molecule has 2 N–H and O–H groups in total. The third-order valence-electron chi connectivity index (χ3n) is 6.78. The van der Waals surface area contributed by atoms with Gasteiger partial charge in [-0.3, -0.25) is 9.79 Å². The lowest BCUT2D eigenvalue weighted by Crippen LogP contribution is -2.41. The van der Waals surface area contributed by atoms with Crippen molar-refractivity contribution >= 4 is 35.8 Å². The van der Waals surface area contributed by atoms with Crippen LogP contribution in [-0.2, 0) is 10.2 Å². The predicted molar refractivity (Wildman–Crippen MR) is 144 cm³/mol. The fraction of sp³-hybridized carbons (Fsp3) is 0.680. The van der Waals surface area contributed by atoms with E-state index in [0.717, 1.165) is 62.8 Å². The van der Waals surface area contributed by atoms with Gasteiger partial charge >= 0.3 is 0 Å². The average Bonchev–Trinajstić information content (AvgIpc) is 3.38. The second kappa shape index (κ2) is 13.9. The van der Waals surface area contributed by atoms with Gasteiger partial charge in [0.15, 0.2) is 17.5 Å². The van der Waals surface area contributed by atoms with Crippen LogP contribution in [0.25, 0.3) is 0 Å². The second-order valence-corrected chi connectivity index (χ2v) is 8.87. The van der Waals surface area contributed by atoms with Crippen molar-refractivity contribution in [3.05, 3.63) is 23.8 Å². The fourth-order valence-electron chi connectivity index (χ4n) is 4.92. The Hall–Kier alpha value is -1.71. The van der Waals surface area contributed by atoms with Gasteiger partial charge in [0.2, 0.25) is 5.91 Å². The number of ether oxygens (including phenoxy) is 2. The van der Waals surface area contributed by atoms with Gasteiger partial charge in [0, 0.05) is 38.0 Å². The van der Waals surface area contributed by atoms with Gasteiger partial charge in [-0.1, -0.05) is 25.3 Å². The van der Waals surface area contributed by atoms with Crippen LogP contribution in [0.3, 0.4) is 0 Å². The summed E-state index contributed by atoms with van der Waals surface area (Å²) in [7, 11) is 3.35. The van der Waals surface area contributed by atoms with Gasteiger partial charge in [-0.2, -0.15) is 0 Å². The van der Waals surface area contributed by atoms with Crippen molar-refractivity contribution in [2.24, 2.45) is 4.99 Å². The van der Waals surface area contributed by atoms with Crippen molar-refractivity contribution in [2.45, 2.75) is 63.7 Å². The number of aliphatic imine (C=N–C) groups is 1. The van der Waals surface area contributed by atoms with Crippen LogP contribution in [-0.4, -0.2) is 63.7 Å². The Labute approximate surface area is 216 Å².